The van der Waals surface area contributed by atoms with Gasteiger partial charge in [0.15, 0.2) is 0 Å². The maximum atomic E-state index is 12.6. The zero-order valence-corrected chi connectivity index (χ0v) is 14.8. The van der Waals surface area contributed by atoms with Gasteiger partial charge in [0.05, 0.1) is 6.10 Å². The van der Waals surface area contributed by atoms with Crippen LogP contribution in [0.25, 0.3) is 0 Å². The van der Waals surface area contributed by atoms with E-state index in [1.165, 1.54) is 10.5 Å². The van der Waals surface area contributed by atoms with Crippen molar-refractivity contribution in [1.82, 2.24) is 9.29 Å². The quantitative estimate of drug-likeness (QED) is 0.826. The largest absolute Gasteiger partial charge is 0.387 e. The third kappa shape index (κ3) is 4.36. The number of nitrogens with zero attached hydrogens (tertiary/aromatic N) is 2. The summed E-state index contributed by atoms with van der Waals surface area (Å²) >= 11 is 0. The van der Waals surface area contributed by atoms with E-state index in [2.05, 4.69) is 10.3 Å². The van der Waals surface area contributed by atoms with Gasteiger partial charge < -0.3 is 10.4 Å². The standard InChI is InChI=1S/C18H23N3O3S/c22-17(15-7-3-1-4-8-15)14-20-18-10-9-16(13-19-18)25(23,24)21-11-5-2-6-12-21/h1,3-4,7-10,13,17,22H,2,5-6,11-12,14H2,(H,19,20). The smallest absolute Gasteiger partial charge is 0.244 e. The fraction of sp³-hybridized carbons (Fsp3) is 0.389. The predicted molar refractivity (Wildman–Crippen MR) is 96.7 cm³/mol. The molecule has 7 heteroatoms. The topological polar surface area (TPSA) is 82.5 Å². The van der Waals surface area contributed by atoms with Crippen LogP contribution in [0.5, 0.6) is 0 Å². The monoisotopic (exact) mass is 361 g/mol. The van der Waals surface area contributed by atoms with E-state index in [1.807, 2.05) is 30.3 Å². The third-order valence-corrected chi connectivity index (χ3v) is 6.23. The Morgan fingerprint density at radius 2 is 1.80 bits per heavy atom. The molecule has 1 unspecified atom stereocenters. The van der Waals surface area contributed by atoms with Gasteiger partial charge in [0.1, 0.15) is 10.7 Å². The first-order valence-corrected chi connectivity index (χ1v) is 9.94. The number of anilines is 1. The number of benzene rings is 1. The lowest BCUT2D eigenvalue weighted by Crippen LogP contribution is -2.35. The first-order chi connectivity index (χ1) is 12.1. The number of aromatic nitrogens is 1. The molecule has 1 aromatic carbocycles. The molecule has 25 heavy (non-hydrogen) atoms. The molecular weight excluding hydrogens is 338 g/mol. The van der Waals surface area contributed by atoms with E-state index >= 15 is 0 Å². The number of hydrogen-bond acceptors (Lipinski definition) is 5. The van der Waals surface area contributed by atoms with E-state index in [4.69, 9.17) is 0 Å². The van der Waals surface area contributed by atoms with Gasteiger partial charge in [0.2, 0.25) is 10.0 Å². The lowest BCUT2D eigenvalue weighted by atomic mass is 10.1. The zero-order valence-electron chi connectivity index (χ0n) is 14.0. The molecule has 0 spiro atoms. The Balaban J connectivity index is 1.62. The van der Waals surface area contributed by atoms with Gasteiger partial charge in [-0.05, 0) is 30.5 Å². The summed E-state index contributed by atoms with van der Waals surface area (Å²) in [6.45, 7) is 1.45. The SMILES string of the molecule is O=S(=O)(c1ccc(NCC(O)c2ccccc2)nc1)N1CCCCC1. The van der Waals surface area contributed by atoms with E-state index in [0.717, 1.165) is 24.8 Å². The average Bonchev–Trinajstić information content (AvgIpc) is 2.68. The minimum Gasteiger partial charge on any atom is -0.387 e. The Labute approximate surface area is 148 Å². The number of aliphatic hydroxyl groups is 1. The van der Waals surface area contributed by atoms with Gasteiger partial charge in [-0.15, -0.1) is 0 Å². The molecule has 2 aromatic rings. The van der Waals surface area contributed by atoms with Crippen LogP contribution < -0.4 is 5.32 Å². The third-order valence-electron chi connectivity index (χ3n) is 4.35. The van der Waals surface area contributed by atoms with Crippen molar-refractivity contribution in [2.24, 2.45) is 0 Å². The number of aliphatic hydroxyl groups excluding tert-OH is 1. The normalized spacial score (nSPS) is 17.2. The molecule has 0 saturated carbocycles. The molecule has 6 nitrogen and oxygen atoms in total. The summed E-state index contributed by atoms with van der Waals surface area (Å²) < 4.78 is 26.7. The predicted octanol–water partition coefficient (Wildman–Crippen LogP) is 2.40. The van der Waals surface area contributed by atoms with Crippen LogP contribution in [0.2, 0.25) is 0 Å². The first kappa shape index (κ1) is 17.8. The summed E-state index contributed by atoms with van der Waals surface area (Å²) in [5.74, 6) is 0.535. The van der Waals surface area contributed by atoms with E-state index in [0.29, 0.717) is 25.5 Å². The van der Waals surface area contributed by atoms with Gasteiger partial charge in [-0.3, -0.25) is 0 Å². The summed E-state index contributed by atoms with van der Waals surface area (Å²) in [6, 6.07) is 12.5. The Kier molecular flexibility index (Phi) is 5.67. The highest BCUT2D eigenvalue weighted by molar-refractivity contribution is 7.89. The van der Waals surface area contributed by atoms with Crippen molar-refractivity contribution in [1.29, 1.82) is 0 Å². The van der Waals surface area contributed by atoms with Gasteiger partial charge in [-0.1, -0.05) is 36.8 Å². The molecule has 1 atom stereocenters. The highest BCUT2D eigenvalue weighted by Gasteiger charge is 2.26. The van der Waals surface area contributed by atoms with Crippen LogP contribution >= 0.6 is 0 Å². The molecule has 3 rings (SSSR count). The Hall–Kier alpha value is -1.96. The van der Waals surface area contributed by atoms with E-state index < -0.39 is 16.1 Å². The summed E-state index contributed by atoms with van der Waals surface area (Å²) in [4.78, 5) is 4.39. The van der Waals surface area contributed by atoms with E-state index in [1.54, 1.807) is 12.1 Å². The average molecular weight is 361 g/mol. The van der Waals surface area contributed by atoms with Crippen molar-refractivity contribution >= 4 is 15.8 Å². The van der Waals surface area contributed by atoms with Crippen LogP contribution in [0.15, 0.2) is 53.6 Å². The number of hydrogen-bond donors (Lipinski definition) is 2. The lowest BCUT2D eigenvalue weighted by molar-refractivity contribution is 0.191. The van der Waals surface area contributed by atoms with E-state index in [9.17, 15) is 13.5 Å². The molecule has 1 fully saturated rings. The fourth-order valence-corrected chi connectivity index (χ4v) is 4.35. The number of piperidine rings is 1. The molecule has 1 aliphatic rings. The fourth-order valence-electron chi connectivity index (χ4n) is 2.89. The Morgan fingerprint density at radius 1 is 1.08 bits per heavy atom. The Bertz CT molecular complexity index is 773. The highest BCUT2D eigenvalue weighted by atomic mass is 32.2. The minimum absolute atomic E-state index is 0.212. The summed E-state index contributed by atoms with van der Waals surface area (Å²) in [5, 5.41) is 13.2. The van der Waals surface area contributed by atoms with Gasteiger partial charge in [0.25, 0.3) is 0 Å². The molecule has 0 radical (unpaired) electrons. The van der Waals surface area contributed by atoms with Gasteiger partial charge >= 0.3 is 0 Å². The van der Waals surface area contributed by atoms with Crippen molar-refractivity contribution < 1.29 is 13.5 Å². The molecular formula is C18H23N3O3S. The van der Waals surface area contributed by atoms with Crippen molar-refractivity contribution in [2.75, 3.05) is 25.0 Å². The molecule has 2 heterocycles. The molecule has 134 valence electrons. The van der Waals surface area contributed by atoms with Crippen LogP contribution in [0.3, 0.4) is 0 Å². The van der Waals surface area contributed by atoms with Gasteiger partial charge in [-0.2, -0.15) is 4.31 Å². The molecule has 1 saturated heterocycles. The van der Waals surface area contributed by atoms with Crippen LogP contribution in [0.4, 0.5) is 5.82 Å². The van der Waals surface area contributed by atoms with Crippen molar-refractivity contribution in [3.63, 3.8) is 0 Å². The van der Waals surface area contributed by atoms with E-state index in [-0.39, 0.29) is 4.90 Å². The molecule has 1 aliphatic heterocycles. The molecule has 0 amide bonds. The number of pyridine rings is 1. The maximum absolute atomic E-state index is 12.6. The number of rotatable bonds is 6. The van der Waals surface area contributed by atoms with Crippen LogP contribution in [-0.2, 0) is 10.0 Å². The van der Waals surface area contributed by atoms with Crippen LogP contribution in [-0.4, -0.2) is 42.4 Å². The maximum Gasteiger partial charge on any atom is 0.244 e. The van der Waals surface area contributed by atoms with Crippen LogP contribution in [0, 0.1) is 0 Å². The second-order valence-electron chi connectivity index (χ2n) is 6.15. The summed E-state index contributed by atoms with van der Waals surface area (Å²) in [7, 11) is -3.46. The zero-order chi connectivity index (χ0) is 17.7. The summed E-state index contributed by atoms with van der Waals surface area (Å²) in [5.41, 5.74) is 0.819. The number of sulfonamides is 1. The Morgan fingerprint density at radius 3 is 2.44 bits per heavy atom. The van der Waals surface area contributed by atoms with Gasteiger partial charge in [0, 0.05) is 25.8 Å². The van der Waals surface area contributed by atoms with Crippen molar-refractivity contribution in [3.8, 4) is 0 Å². The highest BCUT2D eigenvalue weighted by Crippen LogP contribution is 2.21. The second-order valence-corrected chi connectivity index (χ2v) is 8.09. The van der Waals surface area contributed by atoms with Crippen molar-refractivity contribution in [2.45, 2.75) is 30.3 Å². The molecule has 2 N–H and O–H groups in total. The summed E-state index contributed by atoms with van der Waals surface area (Å²) in [6.07, 6.45) is 3.62. The first-order valence-electron chi connectivity index (χ1n) is 8.50. The van der Waals surface area contributed by atoms with Crippen LogP contribution in [0.1, 0.15) is 30.9 Å². The minimum atomic E-state index is -3.46. The van der Waals surface area contributed by atoms with Crippen molar-refractivity contribution in [3.05, 3.63) is 54.2 Å². The molecule has 1 aromatic heterocycles. The molecule has 0 bridgehead atoms. The van der Waals surface area contributed by atoms with Gasteiger partial charge in [-0.25, -0.2) is 13.4 Å². The lowest BCUT2D eigenvalue weighted by Gasteiger charge is -2.25. The molecule has 0 aliphatic carbocycles. The number of nitrogens with one attached hydrogen (secondary N) is 1. The second kappa shape index (κ2) is 7.95.